The molecule has 0 spiro atoms. The van der Waals surface area contributed by atoms with Gasteiger partial charge in [0.05, 0.1) is 17.6 Å². The van der Waals surface area contributed by atoms with Crippen molar-refractivity contribution < 1.29 is 14.6 Å². The first-order valence-electron chi connectivity index (χ1n) is 7.08. The van der Waals surface area contributed by atoms with Crippen molar-refractivity contribution in [3.8, 4) is 5.69 Å². The van der Waals surface area contributed by atoms with Crippen molar-refractivity contribution in [3.63, 3.8) is 0 Å². The highest BCUT2D eigenvalue weighted by atomic mass is 16.5. The van der Waals surface area contributed by atoms with Crippen LogP contribution in [0.25, 0.3) is 5.69 Å². The molecule has 1 aromatic heterocycles. The van der Waals surface area contributed by atoms with Gasteiger partial charge in [-0.15, -0.1) is 0 Å². The molecule has 3 rings (SSSR count). The van der Waals surface area contributed by atoms with Crippen molar-refractivity contribution in [1.82, 2.24) is 9.78 Å². The van der Waals surface area contributed by atoms with Crippen LogP contribution in [-0.4, -0.2) is 27.5 Å². The summed E-state index contributed by atoms with van der Waals surface area (Å²) < 4.78 is 7.42. The number of carbonyl (C=O) groups is 1. The molecule has 1 fully saturated rings. The van der Waals surface area contributed by atoms with E-state index in [1.54, 1.807) is 4.68 Å². The van der Waals surface area contributed by atoms with Crippen molar-refractivity contribution in [2.24, 2.45) is 0 Å². The fourth-order valence-electron chi connectivity index (χ4n) is 2.77. The molecule has 1 aliphatic heterocycles. The molecule has 110 valence electrons. The second-order valence-corrected chi connectivity index (χ2v) is 5.45. The number of carboxylic acid groups (broad SMARTS) is 1. The lowest BCUT2D eigenvalue weighted by Crippen LogP contribution is -2.12. The lowest BCUT2D eigenvalue weighted by atomic mass is 10.1. The Morgan fingerprint density at radius 1 is 1.43 bits per heavy atom. The molecule has 5 nitrogen and oxygen atoms in total. The van der Waals surface area contributed by atoms with Gasteiger partial charge in [0.25, 0.3) is 0 Å². The smallest absolute Gasteiger partial charge is 0.339 e. The lowest BCUT2D eigenvalue weighted by molar-refractivity contribution is 0.0679. The maximum Gasteiger partial charge on any atom is 0.339 e. The van der Waals surface area contributed by atoms with Crippen molar-refractivity contribution >= 4 is 5.97 Å². The highest BCUT2D eigenvalue weighted by Crippen LogP contribution is 2.33. The Balaban J connectivity index is 2.18. The van der Waals surface area contributed by atoms with Crippen LogP contribution < -0.4 is 0 Å². The third kappa shape index (κ3) is 2.45. The van der Waals surface area contributed by atoms with Crippen LogP contribution in [0.5, 0.6) is 0 Å². The van der Waals surface area contributed by atoms with Crippen LogP contribution in [0.3, 0.4) is 0 Å². The van der Waals surface area contributed by atoms with Gasteiger partial charge in [0, 0.05) is 6.61 Å². The quantitative estimate of drug-likeness (QED) is 0.942. The molecule has 2 heterocycles. The molecule has 1 atom stereocenters. The topological polar surface area (TPSA) is 64.4 Å². The van der Waals surface area contributed by atoms with Crippen LogP contribution in [0.4, 0.5) is 0 Å². The predicted molar refractivity (Wildman–Crippen MR) is 77.9 cm³/mol. The van der Waals surface area contributed by atoms with E-state index in [9.17, 15) is 9.90 Å². The standard InChI is InChI=1S/C16H18N2O3/c1-10-5-6-11(2)13(8-10)18-15(14-4-3-7-21-14)12(9-17-18)16(19)20/h5-6,8-9,14H,3-4,7H2,1-2H3,(H,19,20). The van der Waals surface area contributed by atoms with E-state index >= 15 is 0 Å². The average molecular weight is 286 g/mol. The number of hydrogen-bond donors (Lipinski definition) is 1. The summed E-state index contributed by atoms with van der Waals surface area (Å²) in [4.78, 5) is 11.5. The first kappa shape index (κ1) is 13.8. The number of aromatic carboxylic acids is 1. The Hall–Kier alpha value is -2.14. The van der Waals surface area contributed by atoms with E-state index in [0.717, 1.165) is 29.7 Å². The summed E-state index contributed by atoms with van der Waals surface area (Å²) >= 11 is 0. The highest BCUT2D eigenvalue weighted by molar-refractivity contribution is 5.89. The van der Waals surface area contributed by atoms with E-state index in [4.69, 9.17) is 4.74 Å². The van der Waals surface area contributed by atoms with Crippen molar-refractivity contribution in [2.75, 3.05) is 6.61 Å². The van der Waals surface area contributed by atoms with Crippen molar-refractivity contribution in [3.05, 3.63) is 46.8 Å². The summed E-state index contributed by atoms with van der Waals surface area (Å²) in [6.07, 6.45) is 3.00. The second kappa shape index (κ2) is 5.33. The fraction of sp³-hybridized carbons (Fsp3) is 0.375. The maximum atomic E-state index is 11.5. The zero-order valence-electron chi connectivity index (χ0n) is 12.2. The van der Waals surface area contributed by atoms with E-state index in [1.807, 2.05) is 32.0 Å². The third-order valence-electron chi connectivity index (χ3n) is 3.86. The highest BCUT2D eigenvalue weighted by Gasteiger charge is 2.29. The molecule has 1 aliphatic rings. The summed E-state index contributed by atoms with van der Waals surface area (Å²) in [6.45, 7) is 4.67. The molecule has 0 aliphatic carbocycles. The van der Waals surface area contributed by atoms with Gasteiger partial charge in [0.1, 0.15) is 11.7 Å². The molecule has 0 saturated carbocycles. The van der Waals surface area contributed by atoms with Crippen molar-refractivity contribution in [1.29, 1.82) is 0 Å². The zero-order valence-corrected chi connectivity index (χ0v) is 12.2. The van der Waals surface area contributed by atoms with Crippen LogP contribution in [0.1, 0.15) is 46.1 Å². The van der Waals surface area contributed by atoms with Crippen LogP contribution in [0.15, 0.2) is 24.4 Å². The Kier molecular flexibility index (Phi) is 3.51. The van der Waals surface area contributed by atoms with Gasteiger partial charge in [-0.3, -0.25) is 0 Å². The Morgan fingerprint density at radius 3 is 2.90 bits per heavy atom. The second-order valence-electron chi connectivity index (χ2n) is 5.45. The molecule has 5 heteroatoms. The summed E-state index contributed by atoms with van der Waals surface area (Å²) in [6, 6.07) is 6.07. The number of ether oxygens (including phenoxy) is 1. The van der Waals surface area contributed by atoms with Gasteiger partial charge in [0.15, 0.2) is 0 Å². The molecule has 21 heavy (non-hydrogen) atoms. The SMILES string of the molecule is Cc1ccc(C)c(-n2ncc(C(=O)O)c2C2CCCO2)c1. The van der Waals surface area contributed by atoms with E-state index in [2.05, 4.69) is 5.10 Å². The van der Waals surface area contributed by atoms with Crippen LogP contribution in [0, 0.1) is 13.8 Å². The van der Waals surface area contributed by atoms with E-state index in [-0.39, 0.29) is 11.7 Å². The molecule has 1 saturated heterocycles. The zero-order chi connectivity index (χ0) is 15.0. The number of aromatic nitrogens is 2. The number of benzene rings is 1. The Morgan fingerprint density at radius 2 is 2.24 bits per heavy atom. The van der Waals surface area contributed by atoms with Gasteiger partial charge in [0.2, 0.25) is 0 Å². The van der Waals surface area contributed by atoms with Gasteiger partial charge in [-0.1, -0.05) is 12.1 Å². The molecular weight excluding hydrogens is 268 g/mol. The van der Waals surface area contributed by atoms with Gasteiger partial charge in [-0.05, 0) is 43.9 Å². The van der Waals surface area contributed by atoms with Gasteiger partial charge < -0.3 is 9.84 Å². The molecule has 1 N–H and O–H groups in total. The molecule has 1 unspecified atom stereocenters. The first-order chi connectivity index (χ1) is 10.1. The normalized spacial score (nSPS) is 18.1. The minimum atomic E-state index is -0.961. The lowest BCUT2D eigenvalue weighted by Gasteiger charge is -2.16. The average Bonchev–Trinajstić information content (AvgIpc) is 3.08. The molecule has 0 radical (unpaired) electrons. The van der Waals surface area contributed by atoms with Gasteiger partial charge in [-0.2, -0.15) is 5.10 Å². The number of aryl methyl sites for hydroxylation is 2. The maximum absolute atomic E-state index is 11.5. The molecule has 0 bridgehead atoms. The first-order valence-corrected chi connectivity index (χ1v) is 7.08. The number of hydrogen-bond acceptors (Lipinski definition) is 3. The van der Waals surface area contributed by atoms with Crippen LogP contribution >= 0.6 is 0 Å². The summed E-state index contributed by atoms with van der Waals surface area (Å²) in [5.74, 6) is -0.961. The van der Waals surface area contributed by atoms with Gasteiger partial charge >= 0.3 is 5.97 Å². The molecule has 2 aromatic rings. The fourth-order valence-corrected chi connectivity index (χ4v) is 2.77. The molecule has 0 amide bonds. The molecular formula is C16H18N2O3. The van der Waals surface area contributed by atoms with E-state index in [0.29, 0.717) is 12.3 Å². The van der Waals surface area contributed by atoms with Crippen molar-refractivity contribution in [2.45, 2.75) is 32.8 Å². The summed E-state index contributed by atoms with van der Waals surface area (Å²) in [7, 11) is 0. The van der Waals surface area contributed by atoms with E-state index in [1.165, 1.54) is 6.20 Å². The summed E-state index contributed by atoms with van der Waals surface area (Å²) in [5.41, 5.74) is 3.95. The van der Waals surface area contributed by atoms with Crippen LogP contribution in [0.2, 0.25) is 0 Å². The van der Waals surface area contributed by atoms with Crippen LogP contribution in [-0.2, 0) is 4.74 Å². The monoisotopic (exact) mass is 286 g/mol. The third-order valence-corrected chi connectivity index (χ3v) is 3.86. The number of rotatable bonds is 3. The Bertz CT molecular complexity index is 685. The minimum Gasteiger partial charge on any atom is -0.478 e. The molecule has 1 aromatic carbocycles. The minimum absolute atomic E-state index is 0.196. The predicted octanol–water partition coefficient (Wildman–Crippen LogP) is 3.04. The number of nitrogens with zero attached hydrogens (tertiary/aromatic N) is 2. The van der Waals surface area contributed by atoms with Gasteiger partial charge in [-0.25, -0.2) is 9.48 Å². The number of carboxylic acids is 1. The Labute approximate surface area is 123 Å². The summed E-state index contributed by atoms with van der Waals surface area (Å²) in [5, 5.41) is 13.7. The van der Waals surface area contributed by atoms with E-state index < -0.39 is 5.97 Å². The largest absolute Gasteiger partial charge is 0.478 e.